The summed E-state index contributed by atoms with van der Waals surface area (Å²) in [4.78, 5) is 0.652. The molecule has 6 nitrogen and oxygen atoms in total. The van der Waals surface area contributed by atoms with Gasteiger partial charge >= 0.3 is 0 Å². The van der Waals surface area contributed by atoms with Gasteiger partial charge in [0.05, 0.1) is 19.6 Å². The lowest BCUT2D eigenvalue weighted by Crippen LogP contribution is -2.26. The van der Waals surface area contributed by atoms with Crippen molar-refractivity contribution in [2.24, 2.45) is 0 Å². The molecular weight excluding hydrogens is 629 g/mol. The molecule has 244 valence electrons. The Labute approximate surface area is 278 Å². The van der Waals surface area contributed by atoms with Crippen LogP contribution in [0.3, 0.4) is 0 Å². The van der Waals surface area contributed by atoms with Gasteiger partial charge in [0.2, 0.25) is 19.7 Å². The monoisotopic (exact) mass is 668 g/mol. The van der Waals surface area contributed by atoms with Crippen LogP contribution in [0.25, 0.3) is 11.1 Å². The molecule has 0 fully saturated rings. The lowest BCUT2D eigenvalue weighted by atomic mass is 9.87. The van der Waals surface area contributed by atoms with Crippen LogP contribution in [0.4, 0.5) is 0 Å². The molecule has 5 rings (SSSR count). The average molecular weight is 669 g/mol. The maximum Gasteiger partial charge on any atom is 0.206 e. The van der Waals surface area contributed by atoms with Crippen molar-refractivity contribution in [3.05, 3.63) is 127 Å². The zero-order valence-electron chi connectivity index (χ0n) is 27.5. The summed E-state index contributed by atoms with van der Waals surface area (Å²) in [6, 6.07) is 33.7. The van der Waals surface area contributed by atoms with E-state index in [0.717, 1.165) is 17.5 Å². The highest BCUT2D eigenvalue weighted by Crippen LogP contribution is 2.31. The molecule has 0 amide bonds. The number of hydrogen-bond acceptors (Lipinski definition) is 6. The lowest BCUT2D eigenvalue weighted by Gasteiger charge is -2.24. The molecule has 5 aromatic rings. The lowest BCUT2D eigenvalue weighted by molar-refractivity contribution is 0.105. The molecule has 5 aromatic carbocycles. The van der Waals surface area contributed by atoms with Crippen LogP contribution in [-0.4, -0.2) is 22.4 Å². The van der Waals surface area contributed by atoms with E-state index in [1.54, 1.807) is 84.9 Å². The van der Waals surface area contributed by atoms with Gasteiger partial charge in [0, 0.05) is 0 Å². The molecule has 0 saturated carbocycles. The summed E-state index contributed by atoms with van der Waals surface area (Å²) in [6.07, 6.45) is 0.816. The molecule has 0 aliphatic rings. The van der Waals surface area contributed by atoms with E-state index >= 15 is 0 Å². The molecule has 0 aromatic heterocycles. The summed E-state index contributed by atoms with van der Waals surface area (Å²) < 4.78 is 65.1. The SMILES string of the molecule is CCC(C)(C)Oc1ccc(S(=O)(=O)c2ccc(-c3ccc(S(=O)(=O)c4ccc(Oc5ccc(C(C)(C)C)cc5)cc4)cc3)cc2)cc1. The molecule has 0 aliphatic heterocycles. The van der Waals surface area contributed by atoms with Crippen molar-refractivity contribution in [1.82, 2.24) is 0 Å². The third-order valence-electron chi connectivity index (χ3n) is 8.13. The normalized spacial score (nSPS) is 12.5. The second-order valence-corrected chi connectivity index (χ2v) is 17.0. The van der Waals surface area contributed by atoms with E-state index in [9.17, 15) is 16.8 Å². The van der Waals surface area contributed by atoms with Crippen molar-refractivity contribution in [1.29, 1.82) is 0 Å². The Bertz CT molecular complexity index is 2040. The van der Waals surface area contributed by atoms with Crippen molar-refractivity contribution >= 4 is 19.7 Å². The Balaban J connectivity index is 1.26. The van der Waals surface area contributed by atoms with Gasteiger partial charge in [-0.15, -0.1) is 0 Å². The second-order valence-electron chi connectivity index (χ2n) is 13.1. The van der Waals surface area contributed by atoms with Crippen molar-refractivity contribution < 1.29 is 26.3 Å². The van der Waals surface area contributed by atoms with E-state index in [0.29, 0.717) is 17.2 Å². The summed E-state index contributed by atoms with van der Waals surface area (Å²) in [5, 5.41) is 0. The van der Waals surface area contributed by atoms with E-state index in [1.165, 1.54) is 17.7 Å². The Morgan fingerprint density at radius 1 is 0.468 bits per heavy atom. The first kappa shape index (κ1) is 33.9. The smallest absolute Gasteiger partial charge is 0.206 e. The molecule has 0 spiro atoms. The maximum absolute atomic E-state index is 13.4. The van der Waals surface area contributed by atoms with E-state index in [4.69, 9.17) is 9.47 Å². The number of hydrogen-bond donors (Lipinski definition) is 0. The molecule has 0 heterocycles. The highest BCUT2D eigenvalue weighted by molar-refractivity contribution is 7.91. The van der Waals surface area contributed by atoms with E-state index in [2.05, 4.69) is 20.8 Å². The van der Waals surface area contributed by atoms with Crippen LogP contribution in [-0.2, 0) is 25.1 Å². The van der Waals surface area contributed by atoms with Crippen molar-refractivity contribution in [3.63, 3.8) is 0 Å². The summed E-state index contributed by atoms with van der Waals surface area (Å²) in [5.74, 6) is 1.82. The topological polar surface area (TPSA) is 86.7 Å². The van der Waals surface area contributed by atoms with Crippen LogP contribution in [0.2, 0.25) is 0 Å². The molecule has 0 saturated heterocycles. The predicted molar refractivity (Wildman–Crippen MR) is 186 cm³/mol. The van der Waals surface area contributed by atoms with Crippen LogP contribution >= 0.6 is 0 Å². The molecule has 0 atom stereocenters. The van der Waals surface area contributed by atoms with Crippen LogP contribution in [0.5, 0.6) is 17.2 Å². The van der Waals surface area contributed by atoms with Crippen molar-refractivity contribution in [3.8, 4) is 28.4 Å². The average Bonchev–Trinajstić information content (AvgIpc) is 3.05. The molecule has 0 aliphatic carbocycles. The zero-order valence-corrected chi connectivity index (χ0v) is 29.2. The number of ether oxygens (including phenoxy) is 2. The van der Waals surface area contributed by atoms with E-state index in [-0.39, 0.29) is 30.6 Å². The van der Waals surface area contributed by atoms with Gasteiger partial charge in [0.1, 0.15) is 22.8 Å². The Morgan fingerprint density at radius 2 is 0.787 bits per heavy atom. The van der Waals surface area contributed by atoms with Crippen LogP contribution in [0.15, 0.2) is 141 Å². The van der Waals surface area contributed by atoms with Crippen LogP contribution in [0, 0.1) is 0 Å². The molecule has 0 N–H and O–H groups in total. The molecule has 0 unspecified atom stereocenters. The third-order valence-corrected chi connectivity index (χ3v) is 11.7. The number of benzene rings is 5. The second kappa shape index (κ2) is 13.0. The first-order chi connectivity index (χ1) is 22.1. The number of rotatable bonds is 10. The highest BCUT2D eigenvalue weighted by Gasteiger charge is 2.21. The van der Waals surface area contributed by atoms with Crippen LogP contribution < -0.4 is 9.47 Å². The largest absolute Gasteiger partial charge is 0.488 e. The van der Waals surface area contributed by atoms with Gasteiger partial charge in [-0.3, -0.25) is 0 Å². The Morgan fingerprint density at radius 3 is 1.13 bits per heavy atom. The minimum atomic E-state index is -3.77. The minimum Gasteiger partial charge on any atom is -0.488 e. The Hall–Kier alpha value is -4.40. The standard InChI is InChI=1S/C39H40O6S2/c1-7-39(5,6)45-33-18-26-37(27-19-33)47(42,43)35-22-10-29(11-23-35)28-8-20-34(21-9-28)46(40,41)36-24-16-32(17-25-36)44-31-14-12-30(13-15-31)38(2,3)4/h8-27H,7H2,1-6H3. The van der Waals surface area contributed by atoms with E-state index in [1.807, 2.05) is 45.0 Å². The van der Waals surface area contributed by atoms with Gasteiger partial charge in [0.25, 0.3) is 0 Å². The third kappa shape index (κ3) is 7.77. The van der Waals surface area contributed by atoms with Crippen LogP contribution in [0.1, 0.15) is 53.5 Å². The summed E-state index contributed by atoms with van der Waals surface area (Å²) >= 11 is 0. The first-order valence-corrected chi connectivity index (χ1v) is 18.4. The van der Waals surface area contributed by atoms with Crippen molar-refractivity contribution in [2.75, 3.05) is 0 Å². The molecular formula is C39H40O6S2. The van der Waals surface area contributed by atoms with Gasteiger partial charge in [-0.25, -0.2) is 16.8 Å². The minimum absolute atomic E-state index is 0.0383. The van der Waals surface area contributed by atoms with Gasteiger partial charge in [-0.2, -0.15) is 0 Å². The van der Waals surface area contributed by atoms with Crippen molar-refractivity contribution in [2.45, 2.75) is 78.6 Å². The maximum atomic E-state index is 13.4. The quantitative estimate of drug-likeness (QED) is 0.147. The molecule has 0 radical (unpaired) electrons. The first-order valence-electron chi connectivity index (χ1n) is 15.5. The van der Waals surface area contributed by atoms with Gasteiger partial charge in [0.15, 0.2) is 0 Å². The fraction of sp³-hybridized carbons (Fsp3) is 0.231. The fourth-order valence-corrected chi connectivity index (χ4v) is 7.37. The highest BCUT2D eigenvalue weighted by atomic mass is 32.2. The predicted octanol–water partition coefficient (Wildman–Crippen LogP) is 9.68. The number of sulfone groups is 2. The van der Waals surface area contributed by atoms with Gasteiger partial charge in [-0.05, 0) is 127 Å². The Kier molecular flexibility index (Phi) is 9.40. The molecule has 0 bridgehead atoms. The molecule has 47 heavy (non-hydrogen) atoms. The summed E-state index contributed by atoms with van der Waals surface area (Å²) in [5.41, 5.74) is 2.41. The molecule has 8 heteroatoms. The van der Waals surface area contributed by atoms with E-state index < -0.39 is 19.7 Å². The summed E-state index contributed by atoms with van der Waals surface area (Å²) in [7, 11) is -7.50. The fourth-order valence-electron chi connectivity index (χ4n) is 4.85. The summed E-state index contributed by atoms with van der Waals surface area (Å²) in [6.45, 7) is 12.4. The van der Waals surface area contributed by atoms with Gasteiger partial charge < -0.3 is 9.47 Å². The zero-order chi connectivity index (χ0) is 34.0. The van der Waals surface area contributed by atoms with Gasteiger partial charge in [-0.1, -0.05) is 64.1 Å².